The zero-order valence-corrected chi connectivity index (χ0v) is 10.6. The molecule has 1 fully saturated rings. The zero-order chi connectivity index (χ0) is 12.6. The second-order valence-corrected chi connectivity index (χ2v) is 5.03. The van der Waals surface area contributed by atoms with Crippen molar-refractivity contribution >= 4 is 23.4 Å². The highest BCUT2D eigenvalue weighted by Gasteiger charge is 2.34. The number of hydrogen-bond donors (Lipinski definition) is 1. The number of carbonyl (C=O) groups is 1. The molecule has 1 N–H and O–H groups in total. The van der Waals surface area contributed by atoms with Crippen LogP contribution in [0.1, 0.15) is 23.7 Å². The minimum absolute atomic E-state index is 0.104. The Kier molecular flexibility index (Phi) is 3.24. The molecule has 92 valence electrons. The third-order valence-corrected chi connectivity index (χ3v) is 3.62. The Morgan fingerprint density at radius 2 is 2.35 bits per heavy atom. The fourth-order valence-corrected chi connectivity index (χ4v) is 2.29. The lowest BCUT2D eigenvalue weighted by Crippen LogP contribution is -2.22. The minimum atomic E-state index is -1.02. The molecule has 0 bridgehead atoms. The number of aromatic nitrogens is 1. The minimum Gasteiger partial charge on any atom is -0.478 e. The molecule has 1 aliphatic carbocycles. The van der Waals surface area contributed by atoms with Crippen molar-refractivity contribution in [2.24, 2.45) is 11.8 Å². The van der Waals surface area contributed by atoms with Crippen LogP contribution in [-0.4, -0.2) is 29.7 Å². The quantitative estimate of drug-likeness (QED) is 0.897. The van der Waals surface area contributed by atoms with Gasteiger partial charge in [0.1, 0.15) is 5.82 Å². The Hall–Kier alpha value is -1.29. The SMILES string of the molecule is CC1CC1CN(C)c1nccc(C(=O)O)c1Cl. The summed E-state index contributed by atoms with van der Waals surface area (Å²) in [5.41, 5.74) is 0.104. The first-order valence-corrected chi connectivity index (χ1v) is 5.97. The zero-order valence-electron chi connectivity index (χ0n) is 9.85. The smallest absolute Gasteiger partial charge is 0.337 e. The Bertz CT molecular complexity index is 450. The fraction of sp³-hybridized carbons (Fsp3) is 0.500. The van der Waals surface area contributed by atoms with Gasteiger partial charge in [-0.15, -0.1) is 0 Å². The van der Waals surface area contributed by atoms with Crippen LogP contribution in [0.2, 0.25) is 5.02 Å². The molecule has 17 heavy (non-hydrogen) atoms. The van der Waals surface area contributed by atoms with E-state index in [1.807, 2.05) is 11.9 Å². The molecule has 0 radical (unpaired) electrons. The highest BCUT2D eigenvalue weighted by molar-refractivity contribution is 6.35. The van der Waals surface area contributed by atoms with E-state index in [9.17, 15) is 4.79 Å². The molecule has 4 nitrogen and oxygen atoms in total. The van der Waals surface area contributed by atoms with Crippen LogP contribution >= 0.6 is 11.6 Å². The molecule has 5 heteroatoms. The standard InChI is InChI=1S/C12H15ClN2O2/c1-7-5-8(7)6-15(2)11-10(13)9(12(16)17)3-4-14-11/h3-4,7-8H,5-6H2,1-2H3,(H,16,17). The Labute approximate surface area is 105 Å². The van der Waals surface area contributed by atoms with Crippen molar-refractivity contribution in [3.05, 3.63) is 22.8 Å². The Morgan fingerprint density at radius 1 is 1.71 bits per heavy atom. The number of nitrogens with zero attached hydrogens (tertiary/aromatic N) is 2. The van der Waals surface area contributed by atoms with E-state index in [2.05, 4.69) is 11.9 Å². The summed E-state index contributed by atoms with van der Waals surface area (Å²) in [6.07, 6.45) is 2.71. The molecule has 0 aliphatic heterocycles. The Morgan fingerprint density at radius 3 is 2.88 bits per heavy atom. The maximum absolute atomic E-state index is 11.0. The molecular weight excluding hydrogens is 240 g/mol. The van der Waals surface area contributed by atoms with Crippen molar-refractivity contribution in [3.8, 4) is 0 Å². The number of pyridine rings is 1. The first kappa shape index (κ1) is 12.2. The molecule has 2 rings (SSSR count). The van der Waals surface area contributed by atoms with Gasteiger partial charge >= 0.3 is 5.97 Å². The average molecular weight is 255 g/mol. The highest BCUT2D eigenvalue weighted by Crippen LogP contribution is 2.39. The van der Waals surface area contributed by atoms with Crippen LogP contribution < -0.4 is 4.90 Å². The molecule has 1 heterocycles. The predicted octanol–water partition coefficient (Wildman–Crippen LogP) is 2.53. The van der Waals surface area contributed by atoms with Crippen LogP contribution in [0.15, 0.2) is 12.3 Å². The van der Waals surface area contributed by atoms with Gasteiger partial charge in [-0.25, -0.2) is 9.78 Å². The van der Waals surface area contributed by atoms with Crippen molar-refractivity contribution < 1.29 is 9.90 Å². The number of hydrogen-bond acceptors (Lipinski definition) is 3. The van der Waals surface area contributed by atoms with Crippen LogP contribution in [0.5, 0.6) is 0 Å². The summed E-state index contributed by atoms with van der Waals surface area (Å²) >= 11 is 6.05. The van der Waals surface area contributed by atoms with E-state index in [4.69, 9.17) is 16.7 Å². The average Bonchev–Trinajstić information content (AvgIpc) is 2.93. The van der Waals surface area contributed by atoms with Gasteiger partial charge in [0.15, 0.2) is 0 Å². The predicted molar refractivity (Wildman–Crippen MR) is 66.7 cm³/mol. The monoisotopic (exact) mass is 254 g/mol. The third-order valence-electron chi connectivity index (χ3n) is 3.25. The van der Waals surface area contributed by atoms with Crippen LogP contribution in [0.4, 0.5) is 5.82 Å². The van der Waals surface area contributed by atoms with Gasteiger partial charge in [-0.3, -0.25) is 0 Å². The van der Waals surface area contributed by atoms with Crippen molar-refractivity contribution in [1.82, 2.24) is 4.98 Å². The molecule has 0 aromatic carbocycles. The summed E-state index contributed by atoms with van der Waals surface area (Å²) in [4.78, 5) is 17.0. The second-order valence-electron chi connectivity index (χ2n) is 4.65. The summed E-state index contributed by atoms with van der Waals surface area (Å²) in [6.45, 7) is 3.08. The van der Waals surface area contributed by atoms with Crippen molar-refractivity contribution in [1.29, 1.82) is 0 Å². The second kappa shape index (κ2) is 4.53. The number of carboxylic acid groups (broad SMARTS) is 1. The number of halogens is 1. The lowest BCUT2D eigenvalue weighted by atomic mass is 10.2. The van der Waals surface area contributed by atoms with Gasteiger partial charge in [-0.05, 0) is 24.3 Å². The molecule has 2 unspecified atom stereocenters. The molecule has 0 amide bonds. The molecule has 1 aromatic rings. The van der Waals surface area contributed by atoms with E-state index in [0.29, 0.717) is 11.7 Å². The molecule has 0 spiro atoms. The van der Waals surface area contributed by atoms with E-state index in [1.165, 1.54) is 18.7 Å². The first-order valence-electron chi connectivity index (χ1n) is 5.59. The van der Waals surface area contributed by atoms with Crippen molar-refractivity contribution in [3.63, 3.8) is 0 Å². The van der Waals surface area contributed by atoms with E-state index >= 15 is 0 Å². The number of anilines is 1. The highest BCUT2D eigenvalue weighted by atomic mass is 35.5. The summed E-state index contributed by atoms with van der Waals surface area (Å²) in [6, 6.07) is 1.42. The summed E-state index contributed by atoms with van der Waals surface area (Å²) in [5.74, 6) is 0.947. The summed E-state index contributed by atoms with van der Waals surface area (Å²) in [5, 5.41) is 9.20. The maximum atomic E-state index is 11.0. The van der Waals surface area contributed by atoms with E-state index in [1.54, 1.807) is 0 Å². The van der Waals surface area contributed by atoms with Gasteiger partial charge < -0.3 is 10.0 Å². The van der Waals surface area contributed by atoms with E-state index in [-0.39, 0.29) is 10.6 Å². The molecule has 1 aliphatic rings. The Balaban J connectivity index is 2.19. The molecule has 2 atom stereocenters. The van der Waals surface area contributed by atoms with Gasteiger partial charge in [0.05, 0.1) is 10.6 Å². The number of rotatable bonds is 4. The van der Waals surface area contributed by atoms with Crippen LogP contribution in [0, 0.1) is 11.8 Å². The molecule has 1 aromatic heterocycles. The summed E-state index contributed by atoms with van der Waals surface area (Å²) < 4.78 is 0. The van der Waals surface area contributed by atoms with Crippen molar-refractivity contribution in [2.45, 2.75) is 13.3 Å². The van der Waals surface area contributed by atoms with Crippen LogP contribution in [0.25, 0.3) is 0 Å². The van der Waals surface area contributed by atoms with Gasteiger partial charge in [0.25, 0.3) is 0 Å². The third kappa shape index (κ3) is 2.52. The van der Waals surface area contributed by atoms with Crippen LogP contribution in [-0.2, 0) is 0 Å². The van der Waals surface area contributed by atoms with Gasteiger partial charge in [-0.1, -0.05) is 18.5 Å². The normalized spacial score (nSPS) is 22.3. The fourth-order valence-electron chi connectivity index (χ4n) is 1.96. The van der Waals surface area contributed by atoms with E-state index in [0.717, 1.165) is 12.5 Å². The van der Waals surface area contributed by atoms with Crippen LogP contribution in [0.3, 0.4) is 0 Å². The van der Waals surface area contributed by atoms with Crippen molar-refractivity contribution in [2.75, 3.05) is 18.5 Å². The van der Waals surface area contributed by atoms with E-state index < -0.39 is 5.97 Å². The largest absolute Gasteiger partial charge is 0.478 e. The van der Waals surface area contributed by atoms with Gasteiger partial charge in [0.2, 0.25) is 0 Å². The summed E-state index contributed by atoms with van der Waals surface area (Å²) in [7, 11) is 1.89. The molecular formula is C12H15ClN2O2. The van der Waals surface area contributed by atoms with Gasteiger partial charge in [0, 0.05) is 19.8 Å². The maximum Gasteiger partial charge on any atom is 0.337 e. The lowest BCUT2D eigenvalue weighted by molar-refractivity contribution is 0.0697. The molecule has 1 saturated carbocycles. The first-order chi connectivity index (χ1) is 8.00. The number of aromatic carboxylic acids is 1. The topological polar surface area (TPSA) is 53.4 Å². The lowest BCUT2D eigenvalue weighted by Gasteiger charge is -2.19. The molecule has 0 saturated heterocycles. The number of carboxylic acids is 1. The van der Waals surface area contributed by atoms with Gasteiger partial charge in [-0.2, -0.15) is 0 Å².